The van der Waals surface area contributed by atoms with E-state index in [2.05, 4.69) is 139 Å². The first kappa shape index (κ1) is 20.3. The highest BCUT2D eigenvalue weighted by atomic mass is 14.9. The first-order valence-electron chi connectivity index (χ1n) is 12.8. The molecule has 0 aromatic heterocycles. The van der Waals surface area contributed by atoms with Gasteiger partial charge in [-0.05, 0) is 96.0 Å². The van der Waals surface area contributed by atoms with Crippen molar-refractivity contribution in [2.75, 3.05) is 5.32 Å². The number of benzene rings is 7. The minimum atomic E-state index is 1.09. The Kier molecular flexibility index (Phi) is 4.29. The van der Waals surface area contributed by atoms with Crippen LogP contribution in [0.25, 0.3) is 65.7 Å². The fourth-order valence-corrected chi connectivity index (χ4v) is 5.97. The summed E-state index contributed by atoms with van der Waals surface area (Å²) in [4.78, 5) is 0. The molecule has 0 saturated heterocycles. The second-order valence-corrected chi connectivity index (χ2v) is 9.89. The van der Waals surface area contributed by atoms with Gasteiger partial charge in [0.05, 0.1) is 0 Å². The van der Waals surface area contributed by atoms with Crippen LogP contribution in [-0.2, 0) is 0 Å². The minimum absolute atomic E-state index is 1.09. The Labute approximate surface area is 215 Å². The Hall–Kier alpha value is -4.88. The first-order chi connectivity index (χ1) is 18.3. The van der Waals surface area contributed by atoms with Crippen molar-refractivity contribution < 1.29 is 0 Å². The van der Waals surface area contributed by atoms with E-state index in [0.717, 1.165) is 11.4 Å². The van der Waals surface area contributed by atoms with Crippen LogP contribution in [0.4, 0.5) is 11.4 Å². The van der Waals surface area contributed by atoms with Crippen molar-refractivity contribution in [3.8, 4) is 33.4 Å². The summed E-state index contributed by atoms with van der Waals surface area (Å²) in [6.07, 6.45) is 0. The molecule has 0 fully saturated rings. The molecule has 7 aromatic carbocycles. The van der Waals surface area contributed by atoms with Crippen LogP contribution in [0.5, 0.6) is 0 Å². The summed E-state index contributed by atoms with van der Waals surface area (Å²) in [7, 11) is 0. The number of hydrogen-bond donors (Lipinski definition) is 1. The molecule has 0 unspecified atom stereocenters. The predicted octanol–water partition coefficient (Wildman–Crippen LogP) is 10.2. The van der Waals surface area contributed by atoms with Gasteiger partial charge < -0.3 is 5.32 Å². The van der Waals surface area contributed by atoms with Crippen LogP contribution in [0, 0.1) is 0 Å². The molecule has 0 amide bonds. The summed E-state index contributed by atoms with van der Waals surface area (Å²) in [5.74, 6) is 0. The second kappa shape index (κ2) is 7.81. The van der Waals surface area contributed by atoms with Crippen LogP contribution in [0.15, 0.2) is 133 Å². The summed E-state index contributed by atoms with van der Waals surface area (Å²) in [5.41, 5.74) is 9.93. The summed E-state index contributed by atoms with van der Waals surface area (Å²) in [6, 6.07) is 48.5. The third-order valence-corrected chi connectivity index (χ3v) is 7.76. The van der Waals surface area contributed by atoms with Gasteiger partial charge in [-0.2, -0.15) is 0 Å². The molecule has 0 spiro atoms. The van der Waals surface area contributed by atoms with Crippen LogP contribution < -0.4 is 5.32 Å². The molecule has 1 aliphatic rings. The number of rotatable bonds is 3. The van der Waals surface area contributed by atoms with E-state index in [1.54, 1.807) is 0 Å². The molecule has 0 saturated carbocycles. The molecule has 1 N–H and O–H groups in total. The van der Waals surface area contributed by atoms with Crippen molar-refractivity contribution >= 4 is 43.7 Å². The maximum atomic E-state index is 3.62. The van der Waals surface area contributed by atoms with Gasteiger partial charge in [0.2, 0.25) is 0 Å². The van der Waals surface area contributed by atoms with Gasteiger partial charge in [-0.1, -0.05) is 103 Å². The van der Waals surface area contributed by atoms with Crippen molar-refractivity contribution in [1.29, 1.82) is 0 Å². The van der Waals surface area contributed by atoms with Crippen molar-refractivity contribution in [3.63, 3.8) is 0 Å². The zero-order valence-electron chi connectivity index (χ0n) is 20.2. The van der Waals surface area contributed by atoms with Crippen molar-refractivity contribution in [1.82, 2.24) is 0 Å². The van der Waals surface area contributed by atoms with Crippen molar-refractivity contribution in [2.45, 2.75) is 0 Å². The normalized spacial score (nSPS) is 11.8. The van der Waals surface area contributed by atoms with Crippen LogP contribution in [0.2, 0.25) is 0 Å². The van der Waals surface area contributed by atoms with Gasteiger partial charge in [-0.25, -0.2) is 0 Å². The minimum Gasteiger partial charge on any atom is -0.356 e. The third kappa shape index (κ3) is 3.18. The van der Waals surface area contributed by atoms with Crippen LogP contribution in [-0.4, -0.2) is 0 Å². The SMILES string of the molecule is c1cc2c3c(cccc3c1)-c1cc(Nc3ccc(-c4ccc5c(ccc6ccccc65)c4)cc3)ccc1-2. The van der Waals surface area contributed by atoms with Gasteiger partial charge in [-0.15, -0.1) is 0 Å². The molecule has 1 aliphatic carbocycles. The van der Waals surface area contributed by atoms with Crippen molar-refractivity contribution in [3.05, 3.63) is 133 Å². The molecule has 1 nitrogen and oxygen atoms in total. The monoisotopic (exact) mass is 469 g/mol. The predicted molar refractivity (Wildman–Crippen MR) is 159 cm³/mol. The van der Waals surface area contributed by atoms with Crippen molar-refractivity contribution in [2.24, 2.45) is 0 Å². The molecule has 0 bridgehead atoms. The second-order valence-electron chi connectivity index (χ2n) is 9.89. The zero-order valence-corrected chi connectivity index (χ0v) is 20.2. The van der Waals surface area contributed by atoms with Crippen LogP contribution >= 0.6 is 0 Å². The van der Waals surface area contributed by atoms with E-state index in [-0.39, 0.29) is 0 Å². The standard InChI is InChI=1S/C36H23N/c1-2-8-30-24(5-1)11-12-27-21-26(15-19-31(27)30)23-13-16-28(17-14-23)37-29-18-20-32-33-9-3-6-25-7-4-10-34(36(25)33)35(32)22-29/h1-22,37H. The molecule has 8 rings (SSSR count). The number of anilines is 2. The fraction of sp³-hybridized carbons (Fsp3) is 0. The Morgan fingerprint density at radius 3 is 1.89 bits per heavy atom. The lowest BCUT2D eigenvalue weighted by atomic mass is 9.97. The largest absolute Gasteiger partial charge is 0.356 e. The number of hydrogen-bond acceptors (Lipinski definition) is 1. The highest BCUT2D eigenvalue weighted by Crippen LogP contribution is 2.48. The van der Waals surface area contributed by atoms with Gasteiger partial charge >= 0.3 is 0 Å². The summed E-state index contributed by atoms with van der Waals surface area (Å²) in [6.45, 7) is 0. The summed E-state index contributed by atoms with van der Waals surface area (Å²) >= 11 is 0. The summed E-state index contributed by atoms with van der Waals surface area (Å²) < 4.78 is 0. The molecule has 37 heavy (non-hydrogen) atoms. The zero-order chi connectivity index (χ0) is 24.3. The molecule has 0 radical (unpaired) electrons. The van der Waals surface area contributed by atoms with Gasteiger partial charge in [0.25, 0.3) is 0 Å². The van der Waals surface area contributed by atoms with E-state index in [1.165, 1.54) is 65.7 Å². The number of nitrogens with one attached hydrogen (secondary N) is 1. The quantitative estimate of drug-likeness (QED) is 0.254. The molecule has 172 valence electrons. The molecule has 1 heteroatoms. The molecular formula is C36H23N. The van der Waals surface area contributed by atoms with Crippen LogP contribution in [0.1, 0.15) is 0 Å². The van der Waals surface area contributed by atoms with Gasteiger partial charge in [0.15, 0.2) is 0 Å². The van der Waals surface area contributed by atoms with E-state index >= 15 is 0 Å². The fourth-order valence-electron chi connectivity index (χ4n) is 5.97. The maximum Gasteiger partial charge on any atom is 0.0390 e. The van der Waals surface area contributed by atoms with E-state index < -0.39 is 0 Å². The molecule has 0 aliphatic heterocycles. The van der Waals surface area contributed by atoms with E-state index in [4.69, 9.17) is 0 Å². The topological polar surface area (TPSA) is 12.0 Å². The molecule has 0 heterocycles. The van der Waals surface area contributed by atoms with Gasteiger partial charge in [-0.3, -0.25) is 0 Å². The lowest BCUT2D eigenvalue weighted by Gasteiger charge is -2.11. The van der Waals surface area contributed by atoms with Gasteiger partial charge in [0, 0.05) is 11.4 Å². The maximum absolute atomic E-state index is 3.62. The Morgan fingerprint density at radius 1 is 0.351 bits per heavy atom. The number of fused-ring (bicyclic) bond motifs is 6. The average Bonchev–Trinajstić information content (AvgIpc) is 3.28. The molecule has 0 atom stereocenters. The lowest BCUT2D eigenvalue weighted by molar-refractivity contribution is 1.55. The Morgan fingerprint density at radius 2 is 1.03 bits per heavy atom. The summed E-state index contributed by atoms with van der Waals surface area (Å²) in [5, 5.41) is 11.4. The highest BCUT2D eigenvalue weighted by Gasteiger charge is 2.21. The Bertz CT molecular complexity index is 1990. The average molecular weight is 470 g/mol. The highest BCUT2D eigenvalue weighted by molar-refractivity contribution is 6.15. The molecule has 7 aromatic rings. The molecular weight excluding hydrogens is 446 g/mol. The third-order valence-electron chi connectivity index (χ3n) is 7.76. The Balaban J connectivity index is 1.10. The van der Waals surface area contributed by atoms with Gasteiger partial charge in [0.1, 0.15) is 0 Å². The van der Waals surface area contributed by atoms with E-state index in [1.807, 2.05) is 0 Å². The van der Waals surface area contributed by atoms with Crippen LogP contribution in [0.3, 0.4) is 0 Å². The lowest BCUT2D eigenvalue weighted by Crippen LogP contribution is -1.91. The first-order valence-corrected chi connectivity index (χ1v) is 12.8. The van der Waals surface area contributed by atoms with E-state index in [9.17, 15) is 0 Å². The smallest absolute Gasteiger partial charge is 0.0390 e. The van der Waals surface area contributed by atoms with E-state index in [0.29, 0.717) is 0 Å².